The number of ether oxygens (including phenoxy) is 1. The maximum Gasteiger partial charge on any atom is 0.251 e. The summed E-state index contributed by atoms with van der Waals surface area (Å²) in [5, 5.41) is 7.10. The SMILES string of the molecule is O=C(Nc1ncc(Cl)s1)[C@H](CC1CCOCC1)n1cc(S(=O)(=O)C2CC2)cn1. The zero-order valence-corrected chi connectivity index (χ0v) is 17.5. The smallest absolute Gasteiger partial charge is 0.251 e. The molecule has 4 rings (SSSR count). The fraction of sp³-hybridized carbons (Fsp3) is 0.588. The van der Waals surface area contributed by atoms with Gasteiger partial charge in [-0.25, -0.2) is 13.4 Å². The van der Waals surface area contributed by atoms with Crippen LogP contribution in [0.4, 0.5) is 5.13 Å². The zero-order valence-electron chi connectivity index (χ0n) is 15.1. The molecule has 2 aliphatic rings. The van der Waals surface area contributed by atoms with E-state index in [0.29, 0.717) is 47.9 Å². The van der Waals surface area contributed by atoms with Gasteiger partial charge in [0.2, 0.25) is 0 Å². The summed E-state index contributed by atoms with van der Waals surface area (Å²) in [5.74, 6) is 0.0213. The van der Waals surface area contributed by atoms with Crippen molar-refractivity contribution in [2.45, 2.75) is 48.3 Å². The first-order chi connectivity index (χ1) is 13.4. The minimum absolute atomic E-state index is 0.178. The molecule has 0 spiro atoms. The number of carbonyl (C=O) groups excluding carboxylic acids is 1. The fourth-order valence-corrected chi connectivity index (χ4v) is 5.75. The van der Waals surface area contributed by atoms with Crippen LogP contribution in [-0.2, 0) is 19.4 Å². The Hall–Kier alpha value is -1.49. The summed E-state index contributed by atoms with van der Waals surface area (Å²) in [7, 11) is -3.36. The molecule has 2 aromatic heterocycles. The number of rotatable bonds is 7. The van der Waals surface area contributed by atoms with Crippen molar-refractivity contribution in [3.05, 3.63) is 22.9 Å². The molecule has 1 saturated carbocycles. The van der Waals surface area contributed by atoms with Crippen LogP contribution in [0.2, 0.25) is 4.34 Å². The van der Waals surface area contributed by atoms with E-state index in [1.54, 1.807) is 0 Å². The molecule has 0 aromatic carbocycles. The van der Waals surface area contributed by atoms with Gasteiger partial charge in [-0.3, -0.25) is 9.48 Å². The summed E-state index contributed by atoms with van der Waals surface area (Å²) in [5.41, 5.74) is 0. The molecule has 1 amide bonds. The number of carbonyl (C=O) groups is 1. The quantitative estimate of drug-likeness (QED) is 0.704. The number of sulfone groups is 1. The molecule has 0 unspecified atom stereocenters. The molecule has 8 nitrogen and oxygen atoms in total. The van der Waals surface area contributed by atoms with E-state index < -0.39 is 15.9 Å². The van der Waals surface area contributed by atoms with Crippen LogP contribution < -0.4 is 5.32 Å². The number of anilines is 1. The first-order valence-corrected chi connectivity index (χ1v) is 12.0. The largest absolute Gasteiger partial charge is 0.381 e. The van der Waals surface area contributed by atoms with E-state index in [1.807, 2.05) is 0 Å². The third kappa shape index (κ3) is 4.40. The Morgan fingerprint density at radius 2 is 2.07 bits per heavy atom. The standard InChI is InChI=1S/C17H21ClN4O4S2/c18-15-9-19-17(27-15)21-16(23)14(7-11-3-5-26-6-4-11)22-10-13(8-20-22)28(24,25)12-1-2-12/h8-12,14H,1-7H2,(H,19,21,23)/t14-/m0/s1. The van der Waals surface area contributed by atoms with Gasteiger partial charge in [0, 0.05) is 19.4 Å². The molecule has 2 aromatic rings. The Morgan fingerprint density at radius 1 is 1.32 bits per heavy atom. The summed E-state index contributed by atoms with van der Waals surface area (Å²) >= 11 is 7.06. The van der Waals surface area contributed by atoms with Crippen LogP contribution in [0.5, 0.6) is 0 Å². The average molecular weight is 445 g/mol. The predicted molar refractivity (Wildman–Crippen MR) is 105 cm³/mol. The van der Waals surface area contributed by atoms with Crippen molar-refractivity contribution in [2.75, 3.05) is 18.5 Å². The Labute approximate surface area is 172 Å². The van der Waals surface area contributed by atoms with Crippen molar-refractivity contribution >= 4 is 43.8 Å². The predicted octanol–water partition coefficient (Wildman–Crippen LogP) is 2.93. The molecule has 1 aliphatic heterocycles. The highest BCUT2D eigenvalue weighted by molar-refractivity contribution is 7.92. The topological polar surface area (TPSA) is 103 Å². The lowest BCUT2D eigenvalue weighted by Crippen LogP contribution is -2.30. The van der Waals surface area contributed by atoms with E-state index in [4.69, 9.17) is 16.3 Å². The molecule has 152 valence electrons. The highest BCUT2D eigenvalue weighted by Gasteiger charge is 2.38. The normalized spacial score (nSPS) is 19.5. The van der Waals surface area contributed by atoms with Crippen molar-refractivity contribution < 1.29 is 17.9 Å². The Kier molecular flexibility index (Phi) is 5.73. The van der Waals surface area contributed by atoms with Crippen LogP contribution in [0.3, 0.4) is 0 Å². The lowest BCUT2D eigenvalue weighted by molar-refractivity contribution is -0.120. The lowest BCUT2D eigenvalue weighted by Gasteiger charge is -2.26. The van der Waals surface area contributed by atoms with Gasteiger partial charge in [0.15, 0.2) is 15.0 Å². The number of hydrogen-bond acceptors (Lipinski definition) is 7. The van der Waals surface area contributed by atoms with E-state index in [1.165, 1.54) is 34.6 Å². The maximum atomic E-state index is 13.0. The van der Waals surface area contributed by atoms with Gasteiger partial charge in [-0.15, -0.1) is 0 Å². The van der Waals surface area contributed by atoms with E-state index in [0.717, 1.165) is 12.8 Å². The molecule has 0 bridgehead atoms. The third-order valence-electron chi connectivity index (χ3n) is 5.10. The summed E-state index contributed by atoms with van der Waals surface area (Å²) in [4.78, 5) is 17.2. The van der Waals surface area contributed by atoms with Crippen molar-refractivity contribution in [1.29, 1.82) is 0 Å². The van der Waals surface area contributed by atoms with E-state index in [2.05, 4.69) is 15.4 Å². The number of hydrogen-bond donors (Lipinski definition) is 1. The minimum atomic E-state index is -3.36. The van der Waals surface area contributed by atoms with E-state index in [9.17, 15) is 13.2 Å². The Bertz CT molecular complexity index is 948. The Morgan fingerprint density at radius 3 is 2.71 bits per heavy atom. The van der Waals surface area contributed by atoms with Crippen molar-refractivity contribution in [2.24, 2.45) is 5.92 Å². The van der Waals surface area contributed by atoms with Gasteiger partial charge in [-0.1, -0.05) is 22.9 Å². The Balaban J connectivity index is 1.56. The van der Waals surface area contributed by atoms with Gasteiger partial charge in [-0.05, 0) is 38.0 Å². The van der Waals surface area contributed by atoms with Crippen LogP contribution in [0.1, 0.15) is 38.1 Å². The number of nitrogens with zero attached hydrogens (tertiary/aromatic N) is 3. The highest BCUT2D eigenvalue weighted by Crippen LogP contribution is 2.34. The zero-order chi connectivity index (χ0) is 19.7. The van der Waals surface area contributed by atoms with Crippen molar-refractivity contribution in [3.63, 3.8) is 0 Å². The van der Waals surface area contributed by atoms with Crippen LogP contribution in [0.15, 0.2) is 23.5 Å². The van der Waals surface area contributed by atoms with Gasteiger partial charge < -0.3 is 10.1 Å². The first kappa shape index (κ1) is 19.8. The monoisotopic (exact) mass is 444 g/mol. The molecule has 1 N–H and O–H groups in total. The summed E-state index contributed by atoms with van der Waals surface area (Å²) in [6.07, 6.45) is 7.95. The summed E-state index contributed by atoms with van der Waals surface area (Å²) < 4.78 is 32.3. The van der Waals surface area contributed by atoms with Crippen LogP contribution in [0, 0.1) is 5.92 Å². The van der Waals surface area contributed by atoms with Crippen LogP contribution in [-0.4, -0.2) is 47.6 Å². The second-order valence-corrected chi connectivity index (χ2v) is 11.1. The number of thiazole rings is 1. The number of amides is 1. The van der Waals surface area contributed by atoms with Gasteiger partial charge in [0.05, 0.1) is 17.6 Å². The minimum Gasteiger partial charge on any atom is -0.381 e. The van der Waals surface area contributed by atoms with Crippen molar-refractivity contribution in [3.8, 4) is 0 Å². The van der Waals surface area contributed by atoms with E-state index >= 15 is 0 Å². The van der Waals surface area contributed by atoms with E-state index in [-0.39, 0.29) is 16.1 Å². The molecule has 3 heterocycles. The number of aromatic nitrogens is 3. The molecule has 28 heavy (non-hydrogen) atoms. The van der Waals surface area contributed by atoms with Gasteiger partial charge >= 0.3 is 0 Å². The molecule has 1 atom stereocenters. The first-order valence-electron chi connectivity index (χ1n) is 9.21. The fourth-order valence-electron chi connectivity index (χ4n) is 3.34. The second-order valence-electron chi connectivity index (χ2n) is 7.17. The van der Waals surface area contributed by atoms with Gasteiger partial charge in [0.25, 0.3) is 5.91 Å². The molecule has 0 radical (unpaired) electrons. The maximum absolute atomic E-state index is 13.0. The molecule has 2 fully saturated rings. The summed E-state index contributed by atoms with van der Waals surface area (Å²) in [6.45, 7) is 1.34. The highest BCUT2D eigenvalue weighted by atomic mass is 35.5. The average Bonchev–Trinajstić information content (AvgIpc) is 3.30. The second kappa shape index (κ2) is 8.10. The van der Waals surface area contributed by atoms with Crippen LogP contribution >= 0.6 is 22.9 Å². The molecule has 1 saturated heterocycles. The van der Waals surface area contributed by atoms with Crippen LogP contribution in [0.25, 0.3) is 0 Å². The van der Waals surface area contributed by atoms with Crippen molar-refractivity contribution in [1.82, 2.24) is 14.8 Å². The third-order valence-corrected chi connectivity index (χ3v) is 8.34. The number of nitrogens with one attached hydrogen (secondary N) is 1. The summed E-state index contributed by atoms with van der Waals surface area (Å²) in [6, 6.07) is -0.631. The molecular formula is C17H21ClN4O4S2. The number of halogens is 1. The lowest BCUT2D eigenvalue weighted by atomic mass is 9.92. The van der Waals surface area contributed by atoms with Gasteiger partial charge in [-0.2, -0.15) is 5.10 Å². The molecule has 1 aliphatic carbocycles. The molecular weight excluding hydrogens is 424 g/mol. The van der Waals surface area contributed by atoms with Gasteiger partial charge in [0.1, 0.15) is 15.3 Å². The molecule has 11 heteroatoms.